The monoisotopic (exact) mass is 179 g/mol. The molecule has 1 aromatic heterocycles. The van der Waals surface area contributed by atoms with Gasteiger partial charge in [0.2, 0.25) is 0 Å². The molecule has 1 N–H and O–H groups in total. The molecule has 0 radical (unpaired) electrons. The molecule has 0 amide bonds. The highest BCUT2D eigenvalue weighted by Gasteiger charge is 2.02. The van der Waals surface area contributed by atoms with Crippen LogP contribution in [0.5, 0.6) is 0 Å². The lowest BCUT2D eigenvalue weighted by Crippen LogP contribution is -2.24. The molecule has 1 atom stereocenters. The van der Waals surface area contributed by atoms with Gasteiger partial charge in [0, 0.05) is 19.6 Å². The molecule has 72 valence electrons. The number of aromatic nitrogens is 2. The van der Waals surface area contributed by atoms with Gasteiger partial charge in [0.25, 0.3) is 0 Å². The minimum Gasteiger partial charge on any atom is -0.305 e. The highest BCUT2D eigenvalue weighted by Crippen LogP contribution is 2.01. The van der Waals surface area contributed by atoms with Crippen molar-refractivity contribution in [3.63, 3.8) is 0 Å². The summed E-state index contributed by atoms with van der Waals surface area (Å²) in [6.45, 7) is 8.63. The standard InChI is InChI=1S/C10H17N3/c1-5-8(2)11-7-10-6-9(3)12-13(10)4/h5-6,8,11H,1,7H2,2-4H3. The van der Waals surface area contributed by atoms with Gasteiger partial charge in [-0.1, -0.05) is 6.08 Å². The van der Waals surface area contributed by atoms with Crippen molar-refractivity contribution >= 4 is 0 Å². The van der Waals surface area contributed by atoms with Crippen molar-refractivity contribution in [2.75, 3.05) is 0 Å². The highest BCUT2D eigenvalue weighted by atomic mass is 15.3. The van der Waals surface area contributed by atoms with Crippen LogP contribution in [-0.2, 0) is 13.6 Å². The van der Waals surface area contributed by atoms with Gasteiger partial charge in [-0.25, -0.2) is 0 Å². The fourth-order valence-electron chi connectivity index (χ4n) is 1.18. The zero-order valence-electron chi connectivity index (χ0n) is 8.54. The summed E-state index contributed by atoms with van der Waals surface area (Å²) in [5, 5.41) is 7.59. The van der Waals surface area contributed by atoms with Crippen LogP contribution in [0, 0.1) is 6.92 Å². The van der Waals surface area contributed by atoms with Gasteiger partial charge < -0.3 is 5.32 Å². The molecule has 0 saturated heterocycles. The third-order valence-electron chi connectivity index (χ3n) is 2.06. The number of aryl methyl sites for hydroxylation is 2. The summed E-state index contributed by atoms with van der Waals surface area (Å²) in [6, 6.07) is 2.43. The Kier molecular flexibility index (Phi) is 3.25. The van der Waals surface area contributed by atoms with Crippen LogP contribution in [-0.4, -0.2) is 15.8 Å². The predicted octanol–water partition coefficient (Wildman–Crippen LogP) is 1.39. The van der Waals surface area contributed by atoms with E-state index in [9.17, 15) is 0 Å². The van der Waals surface area contributed by atoms with Gasteiger partial charge in [-0.2, -0.15) is 5.10 Å². The van der Waals surface area contributed by atoms with Crippen molar-refractivity contribution in [3.8, 4) is 0 Å². The third kappa shape index (κ3) is 2.70. The number of nitrogens with one attached hydrogen (secondary N) is 1. The van der Waals surface area contributed by atoms with E-state index in [4.69, 9.17) is 0 Å². The number of hydrogen-bond acceptors (Lipinski definition) is 2. The first kappa shape index (κ1) is 9.99. The van der Waals surface area contributed by atoms with E-state index >= 15 is 0 Å². The molecule has 0 fully saturated rings. The van der Waals surface area contributed by atoms with Crippen LogP contribution in [0.15, 0.2) is 18.7 Å². The summed E-state index contributed by atoms with van der Waals surface area (Å²) in [6.07, 6.45) is 1.89. The molecule has 13 heavy (non-hydrogen) atoms. The maximum Gasteiger partial charge on any atom is 0.0597 e. The van der Waals surface area contributed by atoms with E-state index in [2.05, 4.69) is 30.0 Å². The molecule has 0 aliphatic rings. The topological polar surface area (TPSA) is 29.9 Å². The van der Waals surface area contributed by atoms with Crippen LogP contribution in [0.2, 0.25) is 0 Å². The predicted molar refractivity (Wildman–Crippen MR) is 54.4 cm³/mol. The Balaban J connectivity index is 2.54. The lowest BCUT2D eigenvalue weighted by atomic mass is 10.3. The van der Waals surface area contributed by atoms with E-state index in [1.165, 1.54) is 5.69 Å². The summed E-state index contributed by atoms with van der Waals surface area (Å²) in [7, 11) is 1.96. The van der Waals surface area contributed by atoms with Crippen molar-refractivity contribution in [2.45, 2.75) is 26.4 Å². The number of hydrogen-bond donors (Lipinski definition) is 1. The first-order valence-electron chi connectivity index (χ1n) is 4.49. The molecule has 1 heterocycles. The van der Waals surface area contributed by atoms with Crippen LogP contribution in [0.3, 0.4) is 0 Å². The summed E-state index contributed by atoms with van der Waals surface area (Å²) >= 11 is 0. The average molecular weight is 179 g/mol. The molecule has 3 nitrogen and oxygen atoms in total. The van der Waals surface area contributed by atoms with Gasteiger partial charge in [0.05, 0.1) is 11.4 Å². The van der Waals surface area contributed by atoms with Gasteiger partial charge in [0.15, 0.2) is 0 Å². The van der Waals surface area contributed by atoms with Crippen LogP contribution in [0.25, 0.3) is 0 Å². The minimum atomic E-state index is 0.343. The normalized spacial score (nSPS) is 12.8. The van der Waals surface area contributed by atoms with E-state index in [0.717, 1.165) is 12.2 Å². The Morgan fingerprint density at radius 1 is 1.77 bits per heavy atom. The first-order chi connectivity index (χ1) is 6.13. The quantitative estimate of drug-likeness (QED) is 0.708. The molecular formula is C10H17N3. The van der Waals surface area contributed by atoms with Crippen LogP contribution < -0.4 is 5.32 Å². The highest BCUT2D eigenvalue weighted by molar-refractivity contribution is 5.08. The Morgan fingerprint density at radius 2 is 2.46 bits per heavy atom. The zero-order valence-corrected chi connectivity index (χ0v) is 8.54. The number of nitrogens with zero attached hydrogens (tertiary/aromatic N) is 2. The van der Waals surface area contributed by atoms with Gasteiger partial charge in [-0.3, -0.25) is 4.68 Å². The van der Waals surface area contributed by atoms with Crippen molar-refractivity contribution in [2.24, 2.45) is 7.05 Å². The van der Waals surface area contributed by atoms with Crippen LogP contribution in [0.1, 0.15) is 18.3 Å². The van der Waals surface area contributed by atoms with E-state index in [1.54, 1.807) is 0 Å². The fourth-order valence-corrected chi connectivity index (χ4v) is 1.18. The second-order valence-electron chi connectivity index (χ2n) is 3.31. The summed E-state index contributed by atoms with van der Waals surface area (Å²) in [4.78, 5) is 0. The Hall–Kier alpha value is -1.09. The van der Waals surface area contributed by atoms with Gasteiger partial charge >= 0.3 is 0 Å². The largest absolute Gasteiger partial charge is 0.305 e. The maximum absolute atomic E-state index is 4.27. The Labute approximate surface area is 79.5 Å². The summed E-state index contributed by atoms with van der Waals surface area (Å²) in [5.74, 6) is 0. The SMILES string of the molecule is C=CC(C)NCc1cc(C)nn1C. The van der Waals surface area contributed by atoms with Crippen LogP contribution >= 0.6 is 0 Å². The second-order valence-corrected chi connectivity index (χ2v) is 3.31. The van der Waals surface area contributed by atoms with Gasteiger partial charge in [-0.15, -0.1) is 6.58 Å². The van der Waals surface area contributed by atoms with Crippen molar-refractivity contribution < 1.29 is 0 Å². The maximum atomic E-state index is 4.27. The molecule has 1 unspecified atom stereocenters. The van der Waals surface area contributed by atoms with Crippen molar-refractivity contribution in [1.82, 2.24) is 15.1 Å². The first-order valence-corrected chi connectivity index (χ1v) is 4.49. The van der Waals surface area contributed by atoms with E-state index < -0.39 is 0 Å². The smallest absolute Gasteiger partial charge is 0.0597 e. The Morgan fingerprint density at radius 3 is 2.92 bits per heavy atom. The minimum absolute atomic E-state index is 0.343. The van der Waals surface area contributed by atoms with Gasteiger partial charge in [-0.05, 0) is 19.9 Å². The number of rotatable bonds is 4. The molecule has 0 spiro atoms. The van der Waals surface area contributed by atoms with E-state index in [0.29, 0.717) is 6.04 Å². The van der Waals surface area contributed by atoms with Crippen molar-refractivity contribution in [3.05, 3.63) is 30.1 Å². The summed E-state index contributed by atoms with van der Waals surface area (Å²) in [5.41, 5.74) is 2.26. The lowest BCUT2D eigenvalue weighted by Gasteiger charge is -2.08. The average Bonchev–Trinajstić information content (AvgIpc) is 2.41. The molecule has 0 bridgehead atoms. The Bertz CT molecular complexity index is 288. The van der Waals surface area contributed by atoms with E-state index in [-0.39, 0.29) is 0 Å². The molecule has 3 heteroatoms. The molecule has 0 saturated carbocycles. The molecule has 0 aliphatic carbocycles. The van der Waals surface area contributed by atoms with E-state index in [1.807, 2.05) is 24.7 Å². The zero-order chi connectivity index (χ0) is 9.84. The summed E-state index contributed by atoms with van der Waals surface area (Å²) < 4.78 is 1.90. The van der Waals surface area contributed by atoms with Gasteiger partial charge in [0.1, 0.15) is 0 Å². The molecule has 0 aromatic carbocycles. The fraction of sp³-hybridized carbons (Fsp3) is 0.500. The molecular weight excluding hydrogens is 162 g/mol. The molecule has 1 aromatic rings. The second kappa shape index (κ2) is 4.23. The lowest BCUT2D eigenvalue weighted by molar-refractivity contribution is 0.591. The third-order valence-corrected chi connectivity index (χ3v) is 2.06. The van der Waals surface area contributed by atoms with Crippen molar-refractivity contribution in [1.29, 1.82) is 0 Å². The molecule has 1 rings (SSSR count). The molecule has 0 aliphatic heterocycles. The van der Waals surface area contributed by atoms with Crippen LogP contribution in [0.4, 0.5) is 0 Å².